The third kappa shape index (κ3) is 2.19. The second kappa shape index (κ2) is 5.34. The topological polar surface area (TPSA) is 24.7 Å². The molecule has 22 heavy (non-hydrogen) atoms. The van der Waals surface area contributed by atoms with Gasteiger partial charge in [-0.15, -0.1) is 0 Å². The number of fused-ring (bicyclic) bond motifs is 1. The van der Waals surface area contributed by atoms with E-state index in [1.165, 1.54) is 29.8 Å². The number of nitrogens with zero attached hydrogens (tertiary/aromatic N) is 2. The van der Waals surface area contributed by atoms with Gasteiger partial charge < -0.3 is 9.30 Å². The molecule has 3 heterocycles. The molecule has 0 atom stereocenters. The monoisotopic (exact) mass is 290 g/mol. The molecule has 0 radical (unpaired) electrons. The zero-order chi connectivity index (χ0) is 14.9. The molecule has 1 aromatic carbocycles. The molecular formula is C19H18N2O. The van der Waals surface area contributed by atoms with Crippen LogP contribution < -0.4 is 10.3 Å². The summed E-state index contributed by atoms with van der Waals surface area (Å²) < 4.78 is 2.15. The molecule has 0 saturated carbocycles. The van der Waals surface area contributed by atoms with Crippen LogP contribution in [0.2, 0.25) is 0 Å². The van der Waals surface area contributed by atoms with Gasteiger partial charge in [-0.3, -0.25) is 4.79 Å². The lowest BCUT2D eigenvalue weighted by atomic mass is 10.1. The van der Waals surface area contributed by atoms with Gasteiger partial charge in [0.2, 0.25) is 0 Å². The van der Waals surface area contributed by atoms with Crippen molar-refractivity contribution in [3.8, 4) is 11.1 Å². The van der Waals surface area contributed by atoms with E-state index >= 15 is 0 Å². The van der Waals surface area contributed by atoms with Gasteiger partial charge in [-0.1, -0.05) is 30.3 Å². The molecule has 0 spiro atoms. The van der Waals surface area contributed by atoms with Crippen LogP contribution in [0.15, 0.2) is 65.6 Å². The van der Waals surface area contributed by atoms with E-state index in [0.29, 0.717) is 0 Å². The van der Waals surface area contributed by atoms with Crippen molar-refractivity contribution in [3.05, 3.63) is 71.0 Å². The number of hydrogen-bond acceptors (Lipinski definition) is 2. The van der Waals surface area contributed by atoms with Crippen LogP contribution in [0.1, 0.15) is 12.8 Å². The summed E-state index contributed by atoms with van der Waals surface area (Å²) in [5, 5.41) is 0. The Morgan fingerprint density at radius 1 is 0.864 bits per heavy atom. The van der Waals surface area contributed by atoms with Crippen LogP contribution in [0.5, 0.6) is 0 Å². The molecule has 4 rings (SSSR count). The van der Waals surface area contributed by atoms with Crippen LogP contribution in [-0.4, -0.2) is 17.5 Å². The lowest BCUT2D eigenvalue weighted by Crippen LogP contribution is -2.19. The molecule has 3 heteroatoms. The quantitative estimate of drug-likeness (QED) is 0.721. The first-order valence-electron chi connectivity index (χ1n) is 7.79. The van der Waals surface area contributed by atoms with Gasteiger partial charge in [-0.05, 0) is 36.6 Å². The van der Waals surface area contributed by atoms with Gasteiger partial charge in [-0.25, -0.2) is 0 Å². The normalized spacial score (nSPS) is 14.6. The number of benzene rings is 1. The average molecular weight is 290 g/mol. The summed E-state index contributed by atoms with van der Waals surface area (Å²) in [6, 6.07) is 17.8. The number of anilines is 1. The highest BCUT2D eigenvalue weighted by Gasteiger charge is 2.18. The third-order valence-corrected chi connectivity index (χ3v) is 4.36. The van der Waals surface area contributed by atoms with E-state index in [9.17, 15) is 4.79 Å². The van der Waals surface area contributed by atoms with E-state index in [-0.39, 0.29) is 5.43 Å². The first-order valence-corrected chi connectivity index (χ1v) is 7.79. The Kier molecular flexibility index (Phi) is 3.19. The summed E-state index contributed by atoms with van der Waals surface area (Å²) in [7, 11) is 0. The van der Waals surface area contributed by atoms with Crippen LogP contribution in [0.3, 0.4) is 0 Å². The molecular weight excluding hydrogens is 272 g/mol. The van der Waals surface area contributed by atoms with Crippen LogP contribution in [-0.2, 0) is 0 Å². The summed E-state index contributed by atoms with van der Waals surface area (Å²) in [4.78, 5) is 14.1. The Balaban J connectivity index is 2.01. The first kappa shape index (κ1) is 13.1. The largest absolute Gasteiger partial charge is 0.358 e. The number of rotatable bonds is 2. The molecule has 0 unspecified atom stereocenters. The molecule has 3 nitrogen and oxygen atoms in total. The van der Waals surface area contributed by atoms with Crippen molar-refractivity contribution in [3.63, 3.8) is 0 Å². The standard InChI is InChI=1S/C19H18N2O/c22-16-8-9-18-17(15-6-2-1-3-7-15)14-19(21(18)13-10-16)20-11-4-5-12-20/h1-3,6-10,13-14H,4-5,11-12H2. The van der Waals surface area contributed by atoms with Crippen LogP contribution >= 0.6 is 0 Å². The van der Waals surface area contributed by atoms with E-state index in [1.807, 2.05) is 18.3 Å². The molecule has 2 aromatic heterocycles. The highest BCUT2D eigenvalue weighted by Crippen LogP contribution is 2.32. The van der Waals surface area contributed by atoms with Crippen molar-refractivity contribution in [1.29, 1.82) is 0 Å². The zero-order valence-electron chi connectivity index (χ0n) is 12.4. The zero-order valence-corrected chi connectivity index (χ0v) is 12.4. The molecule has 1 aliphatic rings. The smallest absolute Gasteiger partial charge is 0.180 e. The highest BCUT2D eigenvalue weighted by molar-refractivity contribution is 5.85. The van der Waals surface area contributed by atoms with Gasteiger partial charge in [0.25, 0.3) is 0 Å². The van der Waals surface area contributed by atoms with E-state index in [1.54, 1.807) is 12.1 Å². The molecule has 0 bridgehead atoms. The second-order valence-corrected chi connectivity index (χ2v) is 5.78. The molecule has 0 N–H and O–H groups in total. The lowest BCUT2D eigenvalue weighted by molar-refractivity contribution is 0.926. The van der Waals surface area contributed by atoms with Gasteiger partial charge in [0.05, 0.1) is 5.52 Å². The fourth-order valence-electron chi connectivity index (χ4n) is 3.26. The summed E-state index contributed by atoms with van der Waals surface area (Å²) in [5.74, 6) is 1.18. The molecule has 3 aromatic rings. The minimum atomic E-state index is 0.0371. The van der Waals surface area contributed by atoms with Crippen LogP contribution in [0.4, 0.5) is 5.82 Å². The summed E-state index contributed by atoms with van der Waals surface area (Å²) in [6.07, 6.45) is 4.37. The van der Waals surface area contributed by atoms with E-state index in [0.717, 1.165) is 18.6 Å². The summed E-state index contributed by atoms with van der Waals surface area (Å²) in [6.45, 7) is 2.17. The Morgan fingerprint density at radius 3 is 2.41 bits per heavy atom. The minimum Gasteiger partial charge on any atom is -0.358 e. The predicted molar refractivity (Wildman–Crippen MR) is 90.6 cm³/mol. The molecule has 1 aliphatic heterocycles. The molecule has 110 valence electrons. The molecule has 0 amide bonds. The van der Waals surface area contributed by atoms with Crippen molar-refractivity contribution in [2.75, 3.05) is 18.0 Å². The van der Waals surface area contributed by atoms with Crippen LogP contribution in [0, 0.1) is 0 Å². The van der Waals surface area contributed by atoms with Crippen molar-refractivity contribution in [1.82, 2.24) is 4.40 Å². The SMILES string of the molecule is O=c1ccc2c(-c3ccccc3)cc(N3CCCC3)n2cc1. The molecule has 1 saturated heterocycles. The van der Waals surface area contributed by atoms with Crippen molar-refractivity contribution in [2.24, 2.45) is 0 Å². The predicted octanol–water partition coefficient (Wildman–Crippen LogP) is 3.57. The highest BCUT2D eigenvalue weighted by atomic mass is 16.1. The van der Waals surface area contributed by atoms with E-state index in [2.05, 4.69) is 39.6 Å². The van der Waals surface area contributed by atoms with E-state index < -0.39 is 0 Å². The minimum absolute atomic E-state index is 0.0371. The summed E-state index contributed by atoms with van der Waals surface area (Å²) in [5.41, 5.74) is 3.48. The second-order valence-electron chi connectivity index (χ2n) is 5.78. The van der Waals surface area contributed by atoms with E-state index in [4.69, 9.17) is 0 Å². The molecule has 1 fully saturated rings. The number of aromatic nitrogens is 1. The van der Waals surface area contributed by atoms with Crippen molar-refractivity contribution >= 4 is 11.3 Å². The van der Waals surface area contributed by atoms with Gasteiger partial charge in [0.15, 0.2) is 5.43 Å². The first-order chi connectivity index (χ1) is 10.8. The van der Waals surface area contributed by atoms with Gasteiger partial charge >= 0.3 is 0 Å². The Morgan fingerprint density at radius 2 is 1.64 bits per heavy atom. The maximum atomic E-state index is 11.7. The maximum absolute atomic E-state index is 11.7. The Labute approximate surface area is 129 Å². The lowest BCUT2D eigenvalue weighted by Gasteiger charge is -2.16. The van der Waals surface area contributed by atoms with Gasteiger partial charge in [0, 0.05) is 30.9 Å². The average Bonchev–Trinajstić information content (AvgIpc) is 3.15. The Bertz CT molecular complexity index is 861. The summed E-state index contributed by atoms with van der Waals surface area (Å²) >= 11 is 0. The van der Waals surface area contributed by atoms with Crippen LogP contribution in [0.25, 0.3) is 16.6 Å². The maximum Gasteiger partial charge on any atom is 0.180 e. The third-order valence-electron chi connectivity index (χ3n) is 4.36. The Hall–Kier alpha value is -2.55. The number of hydrogen-bond donors (Lipinski definition) is 0. The van der Waals surface area contributed by atoms with Gasteiger partial charge in [0.1, 0.15) is 5.82 Å². The molecule has 0 aliphatic carbocycles. The fraction of sp³-hybridized carbons (Fsp3) is 0.211. The van der Waals surface area contributed by atoms with Crippen molar-refractivity contribution < 1.29 is 0 Å². The fourth-order valence-corrected chi connectivity index (χ4v) is 3.26. The van der Waals surface area contributed by atoms with Gasteiger partial charge in [-0.2, -0.15) is 0 Å². The van der Waals surface area contributed by atoms with Crippen molar-refractivity contribution in [2.45, 2.75) is 12.8 Å².